The third-order valence-corrected chi connectivity index (χ3v) is 7.36. The molecule has 36 heavy (non-hydrogen) atoms. The van der Waals surface area contributed by atoms with Crippen molar-refractivity contribution < 1.29 is 26.3 Å². The number of esters is 1. The number of ether oxygens (including phenoxy) is 2. The largest absolute Gasteiger partial charge is 0.462 e. The molecule has 3 aliphatic rings. The number of rotatable bonds is 3. The molecule has 2 saturated carbocycles. The Bertz CT molecular complexity index is 1040. The summed E-state index contributed by atoms with van der Waals surface area (Å²) >= 11 is 0. The number of nitrogens with zero attached hydrogens (tertiary/aromatic N) is 1. The Balaban J connectivity index is 0.000000302. The van der Waals surface area contributed by atoms with Crippen LogP contribution in [0.2, 0.25) is 0 Å². The Kier molecular flexibility index (Phi) is 10.0. The summed E-state index contributed by atoms with van der Waals surface area (Å²) in [6.07, 6.45) is 10.8. The second kappa shape index (κ2) is 13.2. The van der Waals surface area contributed by atoms with Crippen LogP contribution in [0.5, 0.6) is 0 Å². The summed E-state index contributed by atoms with van der Waals surface area (Å²) in [5.74, 6) is 2.38. The molecule has 0 radical (unpaired) electrons. The molecule has 1 aromatic carbocycles. The Hall–Kier alpha value is -3.22. The fourth-order valence-corrected chi connectivity index (χ4v) is 5.57. The number of primary amides is 1. The van der Waals surface area contributed by atoms with Crippen LogP contribution in [0, 0.1) is 29.5 Å². The molecule has 2 N–H and O–H groups in total. The summed E-state index contributed by atoms with van der Waals surface area (Å²) in [7, 11) is 0. The third kappa shape index (κ3) is 7.39. The van der Waals surface area contributed by atoms with Crippen LogP contribution in [-0.2, 0) is 14.3 Å². The van der Waals surface area contributed by atoms with Gasteiger partial charge in [-0.15, -0.1) is 0 Å². The molecule has 1 unspecified atom stereocenters. The van der Waals surface area contributed by atoms with Crippen LogP contribution < -0.4 is 5.73 Å². The topological polar surface area (TPSA) is 91.5 Å². The monoisotopic (exact) mass is 500 g/mol. The van der Waals surface area contributed by atoms with Crippen molar-refractivity contribution in [2.45, 2.75) is 58.5 Å². The molecule has 6 nitrogen and oxygen atoms in total. The van der Waals surface area contributed by atoms with E-state index in [0.717, 1.165) is 35.1 Å². The van der Waals surface area contributed by atoms with Crippen LogP contribution in [0.25, 0.3) is 17.2 Å². The molecular weight excluding hydrogens is 459 g/mol. The number of cyclic esters (lactones) is 1. The lowest BCUT2D eigenvalue weighted by molar-refractivity contribution is -0.144. The smallest absolute Gasteiger partial charge is 0.404 e. The van der Waals surface area contributed by atoms with Gasteiger partial charge in [-0.3, -0.25) is 9.78 Å². The van der Waals surface area contributed by atoms with Gasteiger partial charge < -0.3 is 15.2 Å². The highest BCUT2D eigenvalue weighted by molar-refractivity contribution is 5.75. The predicted octanol–water partition coefficient (Wildman–Crippen LogP) is 6.89. The number of carbonyl (C=O) groups excluding carboxylic acids is 2. The minimum Gasteiger partial charge on any atom is -0.462 e. The maximum absolute atomic E-state index is 13.0. The van der Waals surface area contributed by atoms with E-state index in [9.17, 15) is 14.0 Å². The molecular formula is C29H41FN2O4. The number of aromatic nitrogens is 1. The zero-order valence-electron chi connectivity index (χ0n) is 21.2. The van der Waals surface area contributed by atoms with Crippen LogP contribution >= 0.6 is 0 Å². The van der Waals surface area contributed by atoms with Gasteiger partial charge in [-0.1, -0.05) is 50.5 Å². The molecule has 3 fully saturated rings. The second-order valence-electron chi connectivity index (χ2n) is 9.63. The number of fused-ring (bicyclic) bond motifs is 2. The fourth-order valence-electron chi connectivity index (χ4n) is 5.57. The summed E-state index contributed by atoms with van der Waals surface area (Å²) in [5, 5.41) is 0. The van der Waals surface area contributed by atoms with Gasteiger partial charge in [-0.05, 0) is 68.4 Å². The van der Waals surface area contributed by atoms with Gasteiger partial charge in [0.05, 0.1) is 18.2 Å². The number of benzene rings is 1. The van der Waals surface area contributed by atoms with E-state index in [-0.39, 0.29) is 26.7 Å². The Morgan fingerprint density at radius 1 is 1.22 bits per heavy atom. The first-order valence-corrected chi connectivity index (χ1v) is 12.8. The Morgan fingerprint density at radius 3 is 2.50 bits per heavy atom. The summed E-state index contributed by atoms with van der Waals surface area (Å²) in [6.45, 7) is 7.76. The number of carbonyl (C=O) groups is 2. The van der Waals surface area contributed by atoms with E-state index in [4.69, 9.17) is 4.74 Å². The molecule has 0 bridgehead atoms. The number of hydrogen-bond donors (Lipinski definition) is 1. The molecule has 198 valence electrons. The number of amides is 1. The number of halogens is 1. The second-order valence-corrected chi connectivity index (χ2v) is 9.63. The molecule has 2 heterocycles. The summed E-state index contributed by atoms with van der Waals surface area (Å²) in [5.41, 5.74) is 7.09. The molecule has 1 aliphatic heterocycles. The van der Waals surface area contributed by atoms with Crippen molar-refractivity contribution in [3.63, 3.8) is 0 Å². The van der Waals surface area contributed by atoms with Crippen LogP contribution in [0.4, 0.5) is 9.18 Å². The molecule has 1 amide bonds. The van der Waals surface area contributed by atoms with Gasteiger partial charge in [0, 0.05) is 20.5 Å². The van der Waals surface area contributed by atoms with Crippen molar-refractivity contribution in [2.24, 2.45) is 29.4 Å². The minimum absolute atomic E-state index is 0. The average molecular weight is 501 g/mol. The Morgan fingerprint density at radius 2 is 1.94 bits per heavy atom. The molecule has 2 aromatic rings. The van der Waals surface area contributed by atoms with Crippen molar-refractivity contribution >= 4 is 18.1 Å². The van der Waals surface area contributed by atoms with E-state index in [1.54, 1.807) is 25.3 Å². The lowest BCUT2D eigenvalue weighted by Gasteiger charge is -2.40. The van der Waals surface area contributed by atoms with Gasteiger partial charge in [-0.25, -0.2) is 9.18 Å². The number of nitrogens with two attached hydrogens (primary N) is 1. The first kappa shape index (κ1) is 27.4. The van der Waals surface area contributed by atoms with E-state index in [1.165, 1.54) is 44.2 Å². The quantitative estimate of drug-likeness (QED) is 0.463. The summed E-state index contributed by atoms with van der Waals surface area (Å²) in [6, 6.07) is 10.2. The molecule has 5 atom stereocenters. The SMILES string of the molecule is C=Cc1ccc(-c2cccc(F)c2)cn1.CCOC(N)=O.C[C@H]1OC(=O)[C@@H]2C[C@@H]3CCCCC3C[C@H]12.[HH].[HH]. The first-order chi connectivity index (χ1) is 17.3. The van der Waals surface area contributed by atoms with Gasteiger partial charge in [0.2, 0.25) is 0 Å². The van der Waals surface area contributed by atoms with Crippen LogP contribution in [0.1, 0.15) is 60.9 Å². The lowest BCUT2D eigenvalue weighted by atomic mass is 9.63. The van der Waals surface area contributed by atoms with Crippen LogP contribution in [0.3, 0.4) is 0 Å². The van der Waals surface area contributed by atoms with Crippen molar-refractivity contribution in [3.05, 3.63) is 60.7 Å². The van der Waals surface area contributed by atoms with Crippen LogP contribution in [-0.4, -0.2) is 29.8 Å². The maximum atomic E-state index is 13.0. The standard InChI is InChI=1S/C13H10FN.C13H20O2.C3H7NO2.2H2/c1-2-13-7-6-11(9-15-13)10-4-3-5-12(14)8-10;1-8-11-6-9-4-2-3-5-10(9)7-12(11)13(14)15-8;1-2-6-3(4)5;;/h2-9H,1H2;8-12H,2-7H2,1H3;2H2,1H3,(H2,4,5);2*1H/t;8-,9?,10+,11-,12-;;;/m.1.../s1. The first-order valence-electron chi connectivity index (χ1n) is 12.8. The molecule has 7 heteroatoms. The van der Waals surface area contributed by atoms with Crippen molar-refractivity contribution in [3.8, 4) is 11.1 Å². The lowest BCUT2D eigenvalue weighted by Crippen LogP contribution is -2.35. The molecule has 1 aromatic heterocycles. The van der Waals surface area contributed by atoms with Gasteiger partial charge >= 0.3 is 12.1 Å². The number of pyridine rings is 1. The third-order valence-electron chi connectivity index (χ3n) is 7.36. The molecule has 5 rings (SSSR count). The van der Waals surface area contributed by atoms with E-state index in [1.807, 2.05) is 18.2 Å². The predicted molar refractivity (Wildman–Crippen MR) is 142 cm³/mol. The minimum atomic E-state index is -0.711. The van der Waals surface area contributed by atoms with Gasteiger partial charge in [0.15, 0.2) is 0 Å². The highest BCUT2D eigenvalue weighted by atomic mass is 19.1. The maximum Gasteiger partial charge on any atom is 0.404 e. The van der Waals surface area contributed by atoms with Gasteiger partial charge in [-0.2, -0.15) is 0 Å². The summed E-state index contributed by atoms with van der Waals surface area (Å²) in [4.78, 5) is 25.4. The Labute approximate surface area is 216 Å². The van der Waals surface area contributed by atoms with E-state index in [0.29, 0.717) is 12.5 Å². The van der Waals surface area contributed by atoms with Crippen molar-refractivity contribution in [1.29, 1.82) is 0 Å². The van der Waals surface area contributed by atoms with Gasteiger partial charge in [0.25, 0.3) is 0 Å². The van der Waals surface area contributed by atoms with Gasteiger partial charge in [0.1, 0.15) is 11.9 Å². The van der Waals surface area contributed by atoms with Crippen molar-refractivity contribution in [1.82, 2.24) is 4.98 Å². The number of hydrogen-bond acceptors (Lipinski definition) is 5. The average Bonchev–Trinajstić information content (AvgIpc) is 3.15. The normalized spacial score (nSPS) is 26.0. The fraction of sp³-hybridized carbons (Fsp3) is 0.483. The van der Waals surface area contributed by atoms with E-state index >= 15 is 0 Å². The zero-order chi connectivity index (χ0) is 26.1. The van der Waals surface area contributed by atoms with Crippen LogP contribution in [0.15, 0.2) is 49.2 Å². The molecule has 0 spiro atoms. The zero-order valence-corrected chi connectivity index (χ0v) is 21.2. The highest BCUT2D eigenvalue weighted by Gasteiger charge is 2.49. The van der Waals surface area contributed by atoms with Crippen molar-refractivity contribution in [2.75, 3.05) is 6.61 Å². The highest BCUT2D eigenvalue weighted by Crippen LogP contribution is 2.49. The summed E-state index contributed by atoms with van der Waals surface area (Å²) < 4.78 is 22.5. The van der Waals surface area contributed by atoms with E-state index in [2.05, 4.69) is 29.0 Å². The molecule has 1 saturated heterocycles. The molecule has 2 aliphatic carbocycles. The van der Waals surface area contributed by atoms with E-state index < -0.39 is 6.09 Å².